The topological polar surface area (TPSA) is 50.4 Å². The van der Waals surface area contributed by atoms with Crippen molar-refractivity contribution in [3.05, 3.63) is 29.8 Å². The molecular weight excluding hydrogens is 276 g/mol. The molecule has 1 aliphatic heterocycles. The van der Waals surface area contributed by atoms with Gasteiger partial charge in [-0.2, -0.15) is 0 Å². The molecule has 0 saturated carbocycles. The third kappa shape index (κ3) is 4.69. The summed E-state index contributed by atoms with van der Waals surface area (Å²) < 4.78 is 5.59. The highest BCUT2D eigenvalue weighted by atomic mass is 35.5. The van der Waals surface area contributed by atoms with E-state index < -0.39 is 0 Å². The van der Waals surface area contributed by atoms with Crippen molar-refractivity contribution in [3.8, 4) is 5.75 Å². The fourth-order valence-electron chi connectivity index (χ4n) is 1.91. The molecule has 1 amide bonds. The van der Waals surface area contributed by atoms with Crippen LogP contribution in [-0.2, 0) is 4.79 Å². The highest BCUT2D eigenvalue weighted by Gasteiger charge is 2.24. The van der Waals surface area contributed by atoms with Crippen molar-refractivity contribution in [3.63, 3.8) is 0 Å². The Kier molecular flexibility index (Phi) is 6.82. The minimum Gasteiger partial charge on any atom is -0.492 e. The van der Waals surface area contributed by atoms with Crippen LogP contribution in [0.25, 0.3) is 0 Å². The highest BCUT2D eigenvalue weighted by molar-refractivity contribution is 5.85. The normalized spacial score (nSPS) is 14.3. The van der Waals surface area contributed by atoms with Crippen molar-refractivity contribution in [1.82, 2.24) is 10.6 Å². The van der Waals surface area contributed by atoms with E-state index in [0.717, 1.165) is 18.8 Å². The first-order valence-corrected chi connectivity index (χ1v) is 6.88. The van der Waals surface area contributed by atoms with Gasteiger partial charge in [-0.3, -0.25) is 4.79 Å². The zero-order chi connectivity index (χ0) is 13.7. The number of ether oxygens (including phenoxy) is 1. The van der Waals surface area contributed by atoms with Gasteiger partial charge < -0.3 is 15.4 Å². The Morgan fingerprint density at radius 1 is 1.35 bits per heavy atom. The fourth-order valence-corrected chi connectivity index (χ4v) is 1.91. The van der Waals surface area contributed by atoms with E-state index >= 15 is 0 Å². The molecule has 4 nitrogen and oxygen atoms in total. The molecule has 2 rings (SSSR count). The maximum absolute atomic E-state index is 11.5. The van der Waals surface area contributed by atoms with Gasteiger partial charge in [-0.05, 0) is 23.6 Å². The van der Waals surface area contributed by atoms with Gasteiger partial charge in [0.05, 0.1) is 12.5 Å². The molecule has 0 radical (unpaired) electrons. The Morgan fingerprint density at radius 3 is 2.50 bits per heavy atom. The third-order valence-corrected chi connectivity index (χ3v) is 3.37. The Labute approximate surface area is 126 Å². The molecule has 0 bridgehead atoms. The van der Waals surface area contributed by atoms with Crippen molar-refractivity contribution >= 4 is 18.3 Å². The zero-order valence-corrected chi connectivity index (χ0v) is 12.8. The largest absolute Gasteiger partial charge is 0.492 e. The summed E-state index contributed by atoms with van der Waals surface area (Å²) >= 11 is 0. The number of hydrogen-bond acceptors (Lipinski definition) is 3. The summed E-state index contributed by atoms with van der Waals surface area (Å²) in [6.07, 6.45) is 0. The minimum absolute atomic E-state index is 0. The van der Waals surface area contributed by atoms with Crippen LogP contribution in [0.5, 0.6) is 5.75 Å². The van der Waals surface area contributed by atoms with Crippen molar-refractivity contribution in [1.29, 1.82) is 0 Å². The molecule has 0 aromatic heterocycles. The van der Waals surface area contributed by atoms with E-state index in [1.54, 1.807) is 0 Å². The quantitative estimate of drug-likeness (QED) is 0.789. The van der Waals surface area contributed by atoms with Crippen molar-refractivity contribution in [2.75, 3.05) is 26.2 Å². The number of amides is 1. The van der Waals surface area contributed by atoms with E-state index in [1.807, 2.05) is 12.1 Å². The van der Waals surface area contributed by atoms with Gasteiger partial charge in [-0.1, -0.05) is 26.0 Å². The molecule has 1 heterocycles. The average molecular weight is 299 g/mol. The molecule has 1 aromatic rings. The van der Waals surface area contributed by atoms with Crippen LogP contribution in [0.2, 0.25) is 0 Å². The van der Waals surface area contributed by atoms with E-state index in [2.05, 4.69) is 36.6 Å². The van der Waals surface area contributed by atoms with Crippen LogP contribution in [0.3, 0.4) is 0 Å². The van der Waals surface area contributed by atoms with Gasteiger partial charge in [0.25, 0.3) is 0 Å². The number of halogens is 1. The second-order valence-electron chi connectivity index (χ2n) is 5.22. The van der Waals surface area contributed by atoms with Crippen LogP contribution in [0.15, 0.2) is 24.3 Å². The lowest BCUT2D eigenvalue weighted by Gasteiger charge is -2.25. The van der Waals surface area contributed by atoms with Gasteiger partial charge >= 0.3 is 0 Å². The summed E-state index contributed by atoms with van der Waals surface area (Å²) in [5.41, 5.74) is 1.30. The van der Waals surface area contributed by atoms with Gasteiger partial charge in [0.2, 0.25) is 5.91 Å². The molecule has 20 heavy (non-hydrogen) atoms. The number of rotatable bonds is 6. The molecule has 5 heteroatoms. The molecule has 0 unspecified atom stereocenters. The molecule has 1 saturated heterocycles. The van der Waals surface area contributed by atoms with Crippen LogP contribution in [0, 0.1) is 5.92 Å². The van der Waals surface area contributed by atoms with E-state index in [-0.39, 0.29) is 24.2 Å². The van der Waals surface area contributed by atoms with E-state index in [0.29, 0.717) is 19.1 Å². The smallest absolute Gasteiger partial charge is 0.225 e. The predicted octanol–water partition coefficient (Wildman–Crippen LogP) is 1.95. The van der Waals surface area contributed by atoms with Crippen molar-refractivity contribution in [2.45, 2.75) is 19.8 Å². The van der Waals surface area contributed by atoms with Gasteiger partial charge in [0.15, 0.2) is 0 Å². The number of benzene rings is 1. The maximum atomic E-state index is 11.5. The number of carbonyl (C=O) groups is 1. The fraction of sp³-hybridized carbons (Fsp3) is 0.533. The summed E-state index contributed by atoms with van der Waals surface area (Å²) in [6, 6.07) is 8.12. The minimum atomic E-state index is 0. The summed E-state index contributed by atoms with van der Waals surface area (Å²) in [5, 5.41) is 5.96. The van der Waals surface area contributed by atoms with Crippen molar-refractivity contribution < 1.29 is 9.53 Å². The Hall–Kier alpha value is -1.26. The van der Waals surface area contributed by atoms with Crippen LogP contribution < -0.4 is 15.4 Å². The molecule has 1 aliphatic rings. The molecule has 1 aromatic carbocycles. The monoisotopic (exact) mass is 298 g/mol. The first-order chi connectivity index (χ1) is 9.16. The molecule has 0 atom stereocenters. The predicted molar refractivity (Wildman–Crippen MR) is 82.6 cm³/mol. The summed E-state index contributed by atoms with van der Waals surface area (Å²) in [5.74, 6) is 1.65. The van der Waals surface area contributed by atoms with E-state index in [9.17, 15) is 4.79 Å². The lowest BCUT2D eigenvalue weighted by Crippen LogP contribution is -2.51. The summed E-state index contributed by atoms with van der Waals surface area (Å²) in [7, 11) is 0. The Morgan fingerprint density at radius 2 is 2.00 bits per heavy atom. The lowest BCUT2D eigenvalue weighted by molar-refractivity contribution is -0.126. The third-order valence-electron chi connectivity index (χ3n) is 3.37. The van der Waals surface area contributed by atoms with E-state index in [1.165, 1.54) is 5.56 Å². The van der Waals surface area contributed by atoms with Crippen LogP contribution in [-0.4, -0.2) is 32.1 Å². The number of carbonyl (C=O) groups excluding carboxylic acids is 1. The standard InChI is InChI=1S/C15H22N2O2.ClH/c1-11(2)12-3-5-14(6-4-12)19-8-7-17-15(18)13-9-16-10-13;/h3-6,11,13,16H,7-10H2,1-2H3,(H,17,18);1H. The van der Waals surface area contributed by atoms with Crippen LogP contribution in [0.4, 0.5) is 0 Å². The maximum Gasteiger partial charge on any atom is 0.225 e. The molecule has 2 N–H and O–H groups in total. The van der Waals surface area contributed by atoms with Gasteiger partial charge in [0, 0.05) is 13.1 Å². The second kappa shape index (κ2) is 8.12. The highest BCUT2D eigenvalue weighted by Crippen LogP contribution is 2.18. The average Bonchev–Trinajstić information content (AvgIpc) is 2.33. The number of nitrogens with one attached hydrogen (secondary N) is 2. The second-order valence-corrected chi connectivity index (χ2v) is 5.22. The summed E-state index contributed by atoms with van der Waals surface area (Å²) in [4.78, 5) is 11.5. The summed E-state index contributed by atoms with van der Waals surface area (Å²) in [6.45, 7) is 6.99. The van der Waals surface area contributed by atoms with E-state index in [4.69, 9.17) is 4.74 Å². The Bertz CT molecular complexity index is 416. The molecule has 112 valence electrons. The van der Waals surface area contributed by atoms with Gasteiger partial charge in [-0.25, -0.2) is 0 Å². The van der Waals surface area contributed by atoms with Crippen molar-refractivity contribution in [2.24, 2.45) is 5.92 Å². The lowest BCUT2D eigenvalue weighted by atomic mass is 10.0. The van der Waals surface area contributed by atoms with Gasteiger partial charge in [0.1, 0.15) is 12.4 Å². The molecule has 0 aliphatic carbocycles. The Balaban J connectivity index is 0.00000200. The number of hydrogen-bond donors (Lipinski definition) is 2. The molecule has 0 spiro atoms. The van der Waals surface area contributed by atoms with Gasteiger partial charge in [-0.15, -0.1) is 12.4 Å². The molecular formula is C15H23ClN2O2. The SMILES string of the molecule is CC(C)c1ccc(OCCNC(=O)C2CNC2)cc1.Cl. The van der Waals surface area contributed by atoms with Crippen LogP contribution >= 0.6 is 12.4 Å². The first-order valence-electron chi connectivity index (χ1n) is 6.88. The zero-order valence-electron chi connectivity index (χ0n) is 12.0. The van der Waals surface area contributed by atoms with Crippen LogP contribution in [0.1, 0.15) is 25.3 Å². The molecule has 1 fully saturated rings. The first kappa shape index (κ1) is 16.8.